The molecule has 0 aliphatic carbocycles. The van der Waals surface area contributed by atoms with E-state index < -0.39 is 0 Å². The van der Waals surface area contributed by atoms with Crippen LogP contribution in [0.25, 0.3) is 0 Å². The molecular weight excluding hydrogens is 214 g/mol. The Balaban J connectivity index is 1.83. The van der Waals surface area contributed by atoms with Crippen LogP contribution in [0.15, 0.2) is 48.7 Å². The fourth-order valence-electron chi connectivity index (χ4n) is 1.66. The Morgan fingerprint density at radius 1 is 1.29 bits per heavy atom. The smallest absolute Gasteiger partial charge is 0.153 e. The minimum absolute atomic E-state index is 0.572. The average Bonchev–Trinajstić information content (AvgIpc) is 2.40. The lowest BCUT2D eigenvalue weighted by molar-refractivity contribution is 0.111. The van der Waals surface area contributed by atoms with E-state index in [2.05, 4.69) is 11.0 Å². The van der Waals surface area contributed by atoms with Crippen LogP contribution in [0, 0.1) is 0 Å². The maximum atomic E-state index is 10.8. The number of ether oxygens (including phenoxy) is 1. The third kappa shape index (κ3) is 3.21. The van der Waals surface area contributed by atoms with Crippen molar-refractivity contribution in [3.8, 4) is 5.75 Å². The van der Waals surface area contributed by atoms with Gasteiger partial charge in [-0.15, -0.1) is 0 Å². The number of nitrogens with zero attached hydrogens (tertiary/aromatic N) is 1. The fourth-order valence-corrected chi connectivity index (χ4v) is 1.66. The first kappa shape index (κ1) is 11.5. The lowest BCUT2D eigenvalue weighted by Crippen LogP contribution is -2.24. The second kappa shape index (κ2) is 5.89. The number of allylic oxidation sites excluding steroid dienone is 2. The standard InChI is InChI=1S/C14H15NO2/c16-12-13-6-2-3-7-14(13)17-11-10-15-8-4-1-5-9-15/h1-8,12H,9-11H2. The SMILES string of the molecule is O=Cc1ccccc1OCCN1C=CC=CC1. The Morgan fingerprint density at radius 3 is 2.94 bits per heavy atom. The molecular formula is C14H15NO2. The van der Waals surface area contributed by atoms with E-state index in [4.69, 9.17) is 4.74 Å². The van der Waals surface area contributed by atoms with Crippen LogP contribution in [-0.4, -0.2) is 30.9 Å². The zero-order valence-corrected chi connectivity index (χ0v) is 9.58. The molecule has 3 nitrogen and oxygen atoms in total. The van der Waals surface area contributed by atoms with Crippen molar-refractivity contribution in [2.45, 2.75) is 0 Å². The van der Waals surface area contributed by atoms with E-state index in [1.165, 1.54) is 0 Å². The Labute approximate surface area is 101 Å². The van der Waals surface area contributed by atoms with Gasteiger partial charge in [0, 0.05) is 6.54 Å². The molecule has 1 aromatic rings. The zero-order chi connectivity index (χ0) is 11.9. The first-order valence-corrected chi connectivity index (χ1v) is 5.64. The van der Waals surface area contributed by atoms with Crippen molar-refractivity contribution in [2.75, 3.05) is 19.7 Å². The second-order valence-corrected chi connectivity index (χ2v) is 3.77. The highest BCUT2D eigenvalue weighted by atomic mass is 16.5. The van der Waals surface area contributed by atoms with Gasteiger partial charge in [0.05, 0.1) is 12.1 Å². The second-order valence-electron chi connectivity index (χ2n) is 3.77. The number of carbonyl (C=O) groups excluding carboxylic acids is 1. The third-order valence-corrected chi connectivity index (χ3v) is 2.57. The van der Waals surface area contributed by atoms with E-state index in [1.54, 1.807) is 6.07 Å². The largest absolute Gasteiger partial charge is 0.491 e. The first-order chi connectivity index (χ1) is 8.40. The van der Waals surface area contributed by atoms with Crippen LogP contribution in [0.5, 0.6) is 5.75 Å². The Hall–Kier alpha value is -2.03. The molecule has 3 heteroatoms. The Bertz CT molecular complexity index is 438. The van der Waals surface area contributed by atoms with Crippen molar-refractivity contribution in [3.63, 3.8) is 0 Å². The summed E-state index contributed by atoms with van der Waals surface area (Å²) in [5.41, 5.74) is 0.599. The van der Waals surface area contributed by atoms with Crippen LogP contribution in [0.1, 0.15) is 10.4 Å². The number of aldehydes is 1. The van der Waals surface area contributed by atoms with Crippen molar-refractivity contribution in [2.24, 2.45) is 0 Å². The minimum atomic E-state index is 0.572. The quantitative estimate of drug-likeness (QED) is 0.725. The van der Waals surface area contributed by atoms with Gasteiger partial charge in [-0.3, -0.25) is 4.79 Å². The molecule has 0 amide bonds. The number of hydrogen-bond donors (Lipinski definition) is 0. The van der Waals surface area contributed by atoms with Crippen LogP contribution in [0.3, 0.4) is 0 Å². The van der Waals surface area contributed by atoms with E-state index in [0.717, 1.165) is 19.4 Å². The summed E-state index contributed by atoms with van der Waals surface area (Å²) in [6, 6.07) is 7.27. The summed E-state index contributed by atoms with van der Waals surface area (Å²) in [4.78, 5) is 12.9. The fraction of sp³-hybridized carbons (Fsp3) is 0.214. The normalized spacial score (nSPS) is 13.8. The van der Waals surface area contributed by atoms with Crippen LogP contribution in [0.4, 0.5) is 0 Å². The predicted molar refractivity (Wildman–Crippen MR) is 67.2 cm³/mol. The van der Waals surface area contributed by atoms with Gasteiger partial charge in [-0.1, -0.05) is 24.3 Å². The van der Waals surface area contributed by atoms with Gasteiger partial charge >= 0.3 is 0 Å². The maximum absolute atomic E-state index is 10.8. The number of benzene rings is 1. The molecule has 1 aliphatic heterocycles. The number of para-hydroxylation sites is 1. The zero-order valence-electron chi connectivity index (χ0n) is 9.58. The summed E-state index contributed by atoms with van der Waals surface area (Å²) < 4.78 is 5.60. The average molecular weight is 229 g/mol. The van der Waals surface area contributed by atoms with Crippen LogP contribution in [0.2, 0.25) is 0 Å². The molecule has 0 atom stereocenters. The number of carbonyl (C=O) groups is 1. The molecule has 0 fully saturated rings. The van der Waals surface area contributed by atoms with E-state index in [9.17, 15) is 4.79 Å². The summed E-state index contributed by atoms with van der Waals surface area (Å²) in [5.74, 6) is 0.652. The van der Waals surface area contributed by atoms with E-state index in [-0.39, 0.29) is 0 Å². The molecule has 0 N–H and O–H groups in total. The Kier molecular flexibility index (Phi) is 3.97. The molecule has 1 heterocycles. The Morgan fingerprint density at radius 2 is 2.18 bits per heavy atom. The molecule has 0 saturated carbocycles. The molecule has 0 bridgehead atoms. The lowest BCUT2D eigenvalue weighted by Gasteiger charge is -2.20. The molecule has 0 saturated heterocycles. The van der Waals surface area contributed by atoms with Gasteiger partial charge in [0.1, 0.15) is 12.4 Å². The predicted octanol–water partition coefficient (Wildman–Crippen LogP) is 2.26. The van der Waals surface area contributed by atoms with Crippen molar-refractivity contribution < 1.29 is 9.53 Å². The maximum Gasteiger partial charge on any atom is 0.153 e. The molecule has 0 radical (unpaired) electrons. The topological polar surface area (TPSA) is 29.5 Å². The van der Waals surface area contributed by atoms with Crippen molar-refractivity contribution in [3.05, 3.63) is 54.3 Å². The molecule has 0 unspecified atom stereocenters. The molecule has 17 heavy (non-hydrogen) atoms. The van der Waals surface area contributed by atoms with Gasteiger partial charge in [-0.2, -0.15) is 0 Å². The summed E-state index contributed by atoms with van der Waals surface area (Å²) in [6.45, 7) is 2.30. The molecule has 88 valence electrons. The summed E-state index contributed by atoms with van der Waals surface area (Å²) in [7, 11) is 0. The molecule has 2 rings (SSSR count). The highest BCUT2D eigenvalue weighted by Crippen LogP contribution is 2.15. The summed E-state index contributed by atoms with van der Waals surface area (Å²) >= 11 is 0. The van der Waals surface area contributed by atoms with Crippen molar-refractivity contribution in [1.82, 2.24) is 4.90 Å². The van der Waals surface area contributed by atoms with E-state index in [1.807, 2.05) is 36.6 Å². The van der Waals surface area contributed by atoms with Crippen LogP contribution in [-0.2, 0) is 0 Å². The highest BCUT2D eigenvalue weighted by molar-refractivity contribution is 5.79. The van der Waals surface area contributed by atoms with E-state index in [0.29, 0.717) is 17.9 Å². The van der Waals surface area contributed by atoms with Gasteiger partial charge in [0.15, 0.2) is 6.29 Å². The number of rotatable bonds is 5. The number of hydrogen-bond acceptors (Lipinski definition) is 3. The van der Waals surface area contributed by atoms with E-state index >= 15 is 0 Å². The van der Waals surface area contributed by atoms with Gasteiger partial charge in [0.25, 0.3) is 0 Å². The highest BCUT2D eigenvalue weighted by Gasteiger charge is 2.03. The van der Waals surface area contributed by atoms with Gasteiger partial charge in [0.2, 0.25) is 0 Å². The molecule has 0 spiro atoms. The monoisotopic (exact) mass is 229 g/mol. The van der Waals surface area contributed by atoms with Crippen LogP contribution >= 0.6 is 0 Å². The molecule has 0 aromatic heterocycles. The van der Waals surface area contributed by atoms with Crippen molar-refractivity contribution >= 4 is 6.29 Å². The molecule has 1 aliphatic rings. The molecule has 1 aromatic carbocycles. The van der Waals surface area contributed by atoms with Gasteiger partial charge < -0.3 is 9.64 Å². The summed E-state index contributed by atoms with van der Waals surface area (Å²) in [6.07, 6.45) is 8.98. The van der Waals surface area contributed by atoms with Crippen molar-refractivity contribution in [1.29, 1.82) is 0 Å². The minimum Gasteiger partial charge on any atom is -0.491 e. The van der Waals surface area contributed by atoms with Crippen LogP contribution < -0.4 is 4.74 Å². The van der Waals surface area contributed by atoms with Gasteiger partial charge in [-0.05, 0) is 24.4 Å². The lowest BCUT2D eigenvalue weighted by atomic mass is 10.2. The third-order valence-electron chi connectivity index (χ3n) is 2.57. The van der Waals surface area contributed by atoms with Gasteiger partial charge in [-0.25, -0.2) is 0 Å². The summed E-state index contributed by atoms with van der Waals surface area (Å²) in [5, 5.41) is 0. The first-order valence-electron chi connectivity index (χ1n) is 5.64.